The van der Waals surface area contributed by atoms with Gasteiger partial charge in [-0.2, -0.15) is 0 Å². The van der Waals surface area contributed by atoms with Crippen molar-refractivity contribution in [1.82, 2.24) is 10.2 Å². The smallest absolute Gasteiger partial charge is 0.326 e. The Labute approximate surface area is 121 Å². The third kappa shape index (κ3) is 5.03. The molecule has 0 spiro atoms. The molecule has 0 aromatic rings. The summed E-state index contributed by atoms with van der Waals surface area (Å²) in [6.45, 7) is 8.42. The van der Waals surface area contributed by atoms with Gasteiger partial charge in [0.1, 0.15) is 5.54 Å². The minimum atomic E-state index is -2.85. The van der Waals surface area contributed by atoms with Crippen molar-refractivity contribution in [2.45, 2.75) is 32.7 Å². The summed E-state index contributed by atoms with van der Waals surface area (Å²) in [5.41, 5.74) is -0.707. The van der Waals surface area contributed by atoms with E-state index in [0.29, 0.717) is 39.2 Å². The van der Waals surface area contributed by atoms with E-state index in [2.05, 4.69) is 10.2 Å². The van der Waals surface area contributed by atoms with Gasteiger partial charge in [0.15, 0.2) is 9.84 Å². The third-order valence-electron chi connectivity index (χ3n) is 3.66. The highest BCUT2D eigenvalue weighted by Crippen LogP contribution is 2.14. The first kappa shape index (κ1) is 17.4. The summed E-state index contributed by atoms with van der Waals surface area (Å²) in [5, 5.41) is 3.18. The third-order valence-corrected chi connectivity index (χ3v) is 5.27. The van der Waals surface area contributed by atoms with Gasteiger partial charge in [-0.1, -0.05) is 6.92 Å². The number of carbonyl (C=O) groups is 1. The number of hydrogen-bond acceptors (Lipinski definition) is 6. The van der Waals surface area contributed by atoms with Crippen LogP contribution < -0.4 is 5.32 Å². The first-order chi connectivity index (χ1) is 9.33. The highest BCUT2D eigenvalue weighted by molar-refractivity contribution is 7.91. The Balaban J connectivity index is 2.53. The fraction of sp³-hybridized carbons (Fsp3) is 0.923. The number of likely N-dealkylation sites (N-methyl/N-ethyl adjacent to an activating group) is 1. The number of sulfone groups is 1. The van der Waals surface area contributed by atoms with Crippen LogP contribution >= 0.6 is 0 Å². The van der Waals surface area contributed by atoms with Crippen LogP contribution in [0.2, 0.25) is 0 Å². The van der Waals surface area contributed by atoms with Crippen molar-refractivity contribution in [2.24, 2.45) is 0 Å². The van der Waals surface area contributed by atoms with E-state index >= 15 is 0 Å². The zero-order valence-electron chi connectivity index (χ0n) is 12.6. The second-order valence-electron chi connectivity index (χ2n) is 5.33. The van der Waals surface area contributed by atoms with E-state index in [1.165, 1.54) is 0 Å². The van der Waals surface area contributed by atoms with Gasteiger partial charge in [-0.05, 0) is 26.8 Å². The van der Waals surface area contributed by atoms with Crippen molar-refractivity contribution in [3.05, 3.63) is 0 Å². The summed E-state index contributed by atoms with van der Waals surface area (Å²) in [7, 11) is -2.85. The maximum absolute atomic E-state index is 12.0. The lowest BCUT2D eigenvalue weighted by atomic mass is 9.97. The van der Waals surface area contributed by atoms with Crippen LogP contribution in [-0.2, 0) is 19.4 Å². The highest BCUT2D eigenvalue weighted by Gasteiger charge is 2.34. The molecular weight excluding hydrogens is 280 g/mol. The second-order valence-corrected chi connectivity index (χ2v) is 7.63. The van der Waals surface area contributed by atoms with E-state index < -0.39 is 15.4 Å². The van der Waals surface area contributed by atoms with Crippen LogP contribution in [0.3, 0.4) is 0 Å². The van der Waals surface area contributed by atoms with Gasteiger partial charge in [-0.3, -0.25) is 4.79 Å². The van der Waals surface area contributed by atoms with Gasteiger partial charge in [-0.25, -0.2) is 8.42 Å². The number of esters is 1. The number of rotatable bonds is 7. The minimum Gasteiger partial charge on any atom is -0.465 e. The quantitative estimate of drug-likeness (QED) is 0.669. The summed E-state index contributed by atoms with van der Waals surface area (Å²) >= 11 is 0. The SMILES string of the molecule is CCNC(C)(CCN1CCS(=O)(=O)CC1)C(=O)OCC. The number of carbonyl (C=O) groups excluding carboxylic acids is 1. The molecule has 1 heterocycles. The van der Waals surface area contributed by atoms with E-state index in [0.717, 1.165) is 0 Å². The first-order valence-electron chi connectivity index (χ1n) is 7.18. The lowest BCUT2D eigenvalue weighted by molar-refractivity contribution is -0.151. The van der Waals surface area contributed by atoms with Crippen molar-refractivity contribution in [1.29, 1.82) is 0 Å². The largest absolute Gasteiger partial charge is 0.465 e. The van der Waals surface area contributed by atoms with Crippen LogP contribution in [0.5, 0.6) is 0 Å². The highest BCUT2D eigenvalue weighted by atomic mass is 32.2. The molecule has 1 fully saturated rings. The molecule has 0 aliphatic carbocycles. The molecule has 1 unspecified atom stereocenters. The Morgan fingerprint density at radius 2 is 1.90 bits per heavy atom. The van der Waals surface area contributed by atoms with Gasteiger partial charge >= 0.3 is 5.97 Å². The van der Waals surface area contributed by atoms with Crippen LogP contribution in [0.15, 0.2) is 0 Å². The predicted octanol–water partition coefficient (Wildman–Crippen LogP) is 0.0382. The topological polar surface area (TPSA) is 75.7 Å². The van der Waals surface area contributed by atoms with E-state index in [4.69, 9.17) is 4.74 Å². The van der Waals surface area contributed by atoms with Gasteiger partial charge in [-0.15, -0.1) is 0 Å². The molecule has 0 aromatic carbocycles. The molecular formula is C13H26N2O4S. The molecule has 1 saturated heterocycles. The fourth-order valence-corrected chi connectivity index (χ4v) is 3.58. The average molecular weight is 306 g/mol. The number of nitrogens with zero attached hydrogens (tertiary/aromatic N) is 1. The molecule has 1 atom stereocenters. The molecule has 20 heavy (non-hydrogen) atoms. The van der Waals surface area contributed by atoms with E-state index in [1.54, 1.807) is 6.92 Å². The second kappa shape index (κ2) is 7.38. The van der Waals surface area contributed by atoms with Gasteiger partial charge in [0.05, 0.1) is 18.1 Å². The Bertz CT molecular complexity index is 410. The fourth-order valence-electron chi connectivity index (χ4n) is 2.30. The Kier molecular flexibility index (Phi) is 6.42. The molecule has 1 rings (SSSR count). The summed E-state index contributed by atoms with van der Waals surface area (Å²) in [5.74, 6) is 0.181. The molecule has 0 bridgehead atoms. The molecule has 7 heteroatoms. The minimum absolute atomic E-state index is 0.213. The lowest BCUT2D eigenvalue weighted by Crippen LogP contribution is -2.53. The van der Waals surface area contributed by atoms with Crippen molar-refractivity contribution in [2.75, 3.05) is 44.3 Å². The Hall–Kier alpha value is -0.660. The molecule has 0 saturated carbocycles. The molecule has 6 nitrogen and oxygen atoms in total. The summed E-state index contributed by atoms with van der Waals surface area (Å²) in [6, 6.07) is 0. The summed E-state index contributed by atoms with van der Waals surface area (Å²) in [6.07, 6.45) is 0.611. The molecule has 0 radical (unpaired) electrons. The monoisotopic (exact) mass is 306 g/mol. The molecule has 0 aromatic heterocycles. The van der Waals surface area contributed by atoms with Crippen LogP contribution in [0.1, 0.15) is 27.2 Å². The van der Waals surface area contributed by atoms with Crippen molar-refractivity contribution in [3.63, 3.8) is 0 Å². The normalized spacial score (nSPS) is 22.1. The van der Waals surface area contributed by atoms with E-state index in [9.17, 15) is 13.2 Å². The van der Waals surface area contributed by atoms with Gasteiger partial charge in [0.25, 0.3) is 0 Å². The Morgan fingerprint density at radius 1 is 1.30 bits per heavy atom. The van der Waals surface area contributed by atoms with E-state index in [-0.39, 0.29) is 17.5 Å². The lowest BCUT2D eigenvalue weighted by Gasteiger charge is -2.32. The average Bonchev–Trinajstić information content (AvgIpc) is 2.38. The van der Waals surface area contributed by atoms with Crippen molar-refractivity contribution < 1.29 is 17.9 Å². The van der Waals surface area contributed by atoms with Crippen LogP contribution in [-0.4, -0.2) is 69.1 Å². The summed E-state index contributed by atoms with van der Waals surface area (Å²) < 4.78 is 27.9. The van der Waals surface area contributed by atoms with Crippen LogP contribution in [0, 0.1) is 0 Å². The van der Waals surface area contributed by atoms with Gasteiger partial charge in [0, 0.05) is 19.6 Å². The van der Waals surface area contributed by atoms with Gasteiger partial charge < -0.3 is 15.0 Å². The molecule has 1 aliphatic heterocycles. The van der Waals surface area contributed by atoms with Crippen molar-refractivity contribution >= 4 is 15.8 Å². The van der Waals surface area contributed by atoms with E-state index in [1.807, 2.05) is 13.8 Å². The maximum atomic E-state index is 12.0. The maximum Gasteiger partial charge on any atom is 0.326 e. The number of hydrogen-bond donors (Lipinski definition) is 1. The van der Waals surface area contributed by atoms with Crippen LogP contribution in [0.25, 0.3) is 0 Å². The molecule has 1 N–H and O–H groups in total. The van der Waals surface area contributed by atoms with Crippen molar-refractivity contribution in [3.8, 4) is 0 Å². The standard InChI is InChI=1S/C13H26N2O4S/c1-4-14-13(3,12(16)19-5-2)6-7-15-8-10-20(17,18)11-9-15/h14H,4-11H2,1-3H3. The number of nitrogens with one attached hydrogen (secondary N) is 1. The molecule has 0 amide bonds. The zero-order valence-corrected chi connectivity index (χ0v) is 13.5. The zero-order chi connectivity index (χ0) is 15.2. The van der Waals surface area contributed by atoms with Gasteiger partial charge in [0.2, 0.25) is 0 Å². The summed E-state index contributed by atoms with van der Waals surface area (Å²) in [4.78, 5) is 14.1. The molecule has 1 aliphatic rings. The van der Waals surface area contributed by atoms with Crippen LogP contribution in [0.4, 0.5) is 0 Å². The number of ether oxygens (including phenoxy) is 1. The first-order valence-corrected chi connectivity index (χ1v) is 9.00. The molecule has 118 valence electrons. The predicted molar refractivity (Wildman–Crippen MR) is 78.4 cm³/mol. The Morgan fingerprint density at radius 3 is 2.40 bits per heavy atom.